The molecule has 6 rings (SSSR count). The van der Waals surface area contributed by atoms with Gasteiger partial charge in [0.15, 0.2) is 0 Å². The molecule has 17 heteroatoms. The maximum atomic E-state index is 12.7. The third-order valence-corrected chi connectivity index (χ3v) is 12.0. The minimum atomic E-state index is -1.38. The van der Waals surface area contributed by atoms with E-state index in [0.717, 1.165) is 30.5 Å². The van der Waals surface area contributed by atoms with Crippen LogP contribution in [-0.2, 0) is 85.4 Å². The standard InChI is InChI=1S/C48H54O16Se/c1-30(49)55-29-40-41(58-31(2)50)44(59-32(3)51)46(60-33(4)52)48(63-40)65-64-42-39(28-54-25-34-15-9-6-10-16-34)62-47(61-38-23-21-37(53-5)22-24-38)45(57-27-36-19-13-8-14-20-36)43(42)56-26-35-17-11-7-12-18-35/h6-24,39-48H,25-29H2,1-5H3/t39-,40-,41-,42-,43+,44+,45-,46-,47-,48-/m1/s1. The molecule has 2 saturated heterocycles. The van der Waals surface area contributed by atoms with Crippen molar-refractivity contribution < 1.29 is 75.1 Å². The molecule has 0 aliphatic carbocycles. The second-order valence-electron chi connectivity index (χ2n) is 15.1. The van der Waals surface area contributed by atoms with Crippen molar-refractivity contribution in [2.45, 2.75) is 108 Å². The molecular weight excluding hydrogens is 911 g/mol. The Balaban J connectivity index is 1.39. The maximum absolute atomic E-state index is 12.7. The summed E-state index contributed by atoms with van der Waals surface area (Å²) in [5.41, 5.74) is 2.67. The predicted octanol–water partition coefficient (Wildman–Crippen LogP) is 5.27. The Labute approximate surface area is 384 Å². The zero-order chi connectivity index (χ0) is 46.1. The van der Waals surface area contributed by atoms with Crippen molar-refractivity contribution in [3.05, 3.63) is 132 Å². The van der Waals surface area contributed by atoms with Crippen molar-refractivity contribution in [3.8, 4) is 11.5 Å². The summed E-state index contributed by atoms with van der Waals surface area (Å²) in [5.74, 6) is -1.76. The Morgan fingerprint density at radius 3 is 1.54 bits per heavy atom. The van der Waals surface area contributed by atoms with Gasteiger partial charge in [-0.25, -0.2) is 0 Å². The Kier molecular flexibility index (Phi) is 18.7. The first-order chi connectivity index (χ1) is 31.5. The SMILES string of the molecule is COc1ccc(O[C@@H]2O[C@H](COCc3ccccc3)[C@@H](O[Se][C@H]3O[C@H](COC(C)=O)[C@@H](OC(C)=O)[C@H](OC(C)=O)[C@H]3OC(C)=O)[C@H](OCc3ccccc3)[C@H]2OCc2ccccc2)cc1. The van der Waals surface area contributed by atoms with Crippen molar-refractivity contribution in [3.63, 3.8) is 0 Å². The van der Waals surface area contributed by atoms with E-state index < -0.39 is 106 Å². The quantitative estimate of drug-likeness (QED) is 0.0598. The van der Waals surface area contributed by atoms with Gasteiger partial charge in [0.25, 0.3) is 0 Å². The van der Waals surface area contributed by atoms with Gasteiger partial charge in [-0.3, -0.25) is 0 Å². The summed E-state index contributed by atoms with van der Waals surface area (Å²) in [6.07, 6.45) is -10.0. The van der Waals surface area contributed by atoms with Crippen LogP contribution in [0.15, 0.2) is 115 Å². The van der Waals surface area contributed by atoms with Gasteiger partial charge in [0.1, 0.15) is 0 Å². The van der Waals surface area contributed by atoms with Crippen LogP contribution in [0.5, 0.6) is 11.5 Å². The molecule has 0 spiro atoms. The second-order valence-corrected chi connectivity index (χ2v) is 16.9. The van der Waals surface area contributed by atoms with Crippen LogP contribution in [0, 0.1) is 0 Å². The van der Waals surface area contributed by atoms with Crippen molar-refractivity contribution in [1.82, 2.24) is 0 Å². The normalized spacial score (nSPS) is 25.1. The summed E-state index contributed by atoms with van der Waals surface area (Å²) in [6, 6.07) is 35.9. The van der Waals surface area contributed by atoms with E-state index >= 15 is 0 Å². The van der Waals surface area contributed by atoms with Gasteiger partial charge in [0.2, 0.25) is 0 Å². The van der Waals surface area contributed by atoms with Gasteiger partial charge in [-0.1, -0.05) is 0 Å². The number of carbonyl (C=O) groups excluding carboxylic acids is 4. The molecule has 2 fully saturated rings. The zero-order valence-electron chi connectivity index (χ0n) is 36.7. The topological polar surface area (TPSA) is 179 Å². The number of esters is 4. The summed E-state index contributed by atoms with van der Waals surface area (Å²) in [5, 5.41) is -1.14. The first-order valence-electron chi connectivity index (χ1n) is 21.0. The van der Waals surface area contributed by atoms with Crippen LogP contribution in [0.1, 0.15) is 44.4 Å². The zero-order valence-corrected chi connectivity index (χ0v) is 38.4. The van der Waals surface area contributed by atoms with E-state index in [0.29, 0.717) is 11.5 Å². The van der Waals surface area contributed by atoms with Gasteiger partial charge in [-0.05, 0) is 0 Å². The van der Waals surface area contributed by atoms with Crippen LogP contribution >= 0.6 is 0 Å². The van der Waals surface area contributed by atoms with Crippen LogP contribution < -0.4 is 9.47 Å². The molecule has 16 nitrogen and oxygen atoms in total. The molecule has 0 saturated carbocycles. The molecule has 0 amide bonds. The number of hydrogen-bond donors (Lipinski definition) is 0. The molecule has 0 aromatic heterocycles. The summed E-state index contributed by atoms with van der Waals surface area (Å²) in [6.45, 7) is 4.84. The molecule has 0 N–H and O–H groups in total. The van der Waals surface area contributed by atoms with Gasteiger partial charge < -0.3 is 0 Å². The first kappa shape index (κ1) is 49.1. The van der Waals surface area contributed by atoms with E-state index in [4.69, 9.17) is 55.9 Å². The molecule has 2 aliphatic rings. The molecule has 65 heavy (non-hydrogen) atoms. The van der Waals surface area contributed by atoms with Crippen LogP contribution in [0.2, 0.25) is 0 Å². The molecule has 2 heterocycles. The molecule has 10 atom stereocenters. The van der Waals surface area contributed by atoms with Gasteiger partial charge in [-0.15, -0.1) is 0 Å². The number of ether oxygens (including phenoxy) is 11. The molecule has 4 aromatic rings. The second kappa shape index (κ2) is 24.8. The number of benzene rings is 4. The van der Waals surface area contributed by atoms with Crippen molar-refractivity contribution in [2.24, 2.45) is 0 Å². The van der Waals surface area contributed by atoms with Gasteiger partial charge in [-0.2, -0.15) is 0 Å². The minimum absolute atomic E-state index is 0.00666. The average Bonchev–Trinajstić information content (AvgIpc) is 3.29. The molecule has 2 aliphatic heterocycles. The van der Waals surface area contributed by atoms with Crippen LogP contribution in [0.25, 0.3) is 0 Å². The predicted molar refractivity (Wildman–Crippen MR) is 231 cm³/mol. The fourth-order valence-electron chi connectivity index (χ4n) is 7.16. The Bertz CT molecular complexity index is 2090. The molecule has 348 valence electrons. The number of carbonyl (C=O) groups is 4. The summed E-state index contributed by atoms with van der Waals surface area (Å²) in [4.78, 5) is 49.7. The van der Waals surface area contributed by atoms with Crippen molar-refractivity contribution in [1.29, 1.82) is 0 Å². The van der Waals surface area contributed by atoms with Crippen molar-refractivity contribution in [2.75, 3.05) is 20.3 Å². The van der Waals surface area contributed by atoms with Crippen LogP contribution in [-0.4, -0.2) is 120 Å². The third kappa shape index (κ3) is 14.8. The fourth-order valence-corrected chi connectivity index (χ4v) is 9.22. The van der Waals surface area contributed by atoms with E-state index in [1.165, 1.54) is 13.8 Å². The molecule has 4 aromatic carbocycles. The summed E-state index contributed by atoms with van der Waals surface area (Å²) in [7, 11) is 1.57. The van der Waals surface area contributed by atoms with Gasteiger partial charge in [0, 0.05) is 0 Å². The number of methoxy groups -OCH3 is 1. The molecule has 0 radical (unpaired) electrons. The summed E-state index contributed by atoms with van der Waals surface area (Å²) >= 11 is -1.15. The van der Waals surface area contributed by atoms with Gasteiger partial charge in [0.05, 0.1) is 0 Å². The molecule has 0 bridgehead atoms. The van der Waals surface area contributed by atoms with E-state index in [-0.39, 0.29) is 26.4 Å². The van der Waals surface area contributed by atoms with Crippen LogP contribution in [0.3, 0.4) is 0 Å². The number of hydrogen-bond acceptors (Lipinski definition) is 16. The average molecular weight is 966 g/mol. The van der Waals surface area contributed by atoms with E-state index in [9.17, 15) is 19.2 Å². The van der Waals surface area contributed by atoms with E-state index in [2.05, 4.69) is 0 Å². The third-order valence-electron chi connectivity index (χ3n) is 10.1. The van der Waals surface area contributed by atoms with Gasteiger partial charge >= 0.3 is 386 Å². The van der Waals surface area contributed by atoms with E-state index in [1.807, 2.05) is 91.0 Å². The Morgan fingerprint density at radius 1 is 0.508 bits per heavy atom. The number of rotatable bonds is 21. The van der Waals surface area contributed by atoms with Crippen LogP contribution in [0.4, 0.5) is 0 Å². The van der Waals surface area contributed by atoms with Crippen molar-refractivity contribution >= 4 is 39.2 Å². The fraction of sp³-hybridized carbons (Fsp3) is 0.417. The first-order valence-corrected chi connectivity index (χ1v) is 22.7. The Hall–Kier alpha value is -5.36. The monoisotopic (exact) mass is 966 g/mol. The molecular formula is C48H54O16Se. The van der Waals surface area contributed by atoms with E-state index in [1.54, 1.807) is 31.4 Å². The molecule has 0 unspecified atom stereocenters. The Morgan fingerprint density at radius 2 is 1.00 bits per heavy atom. The summed E-state index contributed by atoms with van der Waals surface area (Å²) < 4.78 is 74.5.